The summed E-state index contributed by atoms with van der Waals surface area (Å²) in [7, 11) is 0. The fourth-order valence-electron chi connectivity index (χ4n) is 0.550. The van der Waals surface area contributed by atoms with E-state index in [2.05, 4.69) is 0 Å². The monoisotopic (exact) mass is 165 g/mol. The van der Waals surface area contributed by atoms with Crippen LogP contribution in [0.2, 0.25) is 0 Å². The fourth-order valence-corrected chi connectivity index (χ4v) is 0.550. The van der Waals surface area contributed by atoms with Crippen molar-refractivity contribution in [1.82, 2.24) is 0 Å². The summed E-state index contributed by atoms with van der Waals surface area (Å²) in [4.78, 5) is 0. The molecule has 0 amide bonds. The SMILES string of the molecule is [O]c1c(F)cc(F)c(F)c1F. The first-order valence-electron chi connectivity index (χ1n) is 2.54. The van der Waals surface area contributed by atoms with E-state index in [4.69, 9.17) is 0 Å². The maximum atomic E-state index is 12.1. The summed E-state index contributed by atoms with van der Waals surface area (Å²) >= 11 is 0. The quantitative estimate of drug-likeness (QED) is 0.319. The Labute approximate surface area is 58.9 Å². The van der Waals surface area contributed by atoms with Gasteiger partial charge in [-0.25, -0.2) is 13.2 Å². The van der Waals surface area contributed by atoms with Gasteiger partial charge in [-0.2, -0.15) is 4.39 Å². The van der Waals surface area contributed by atoms with E-state index in [0.29, 0.717) is 0 Å². The second-order valence-electron chi connectivity index (χ2n) is 1.80. The summed E-state index contributed by atoms with van der Waals surface area (Å²) < 4.78 is 48.2. The molecule has 59 valence electrons. The van der Waals surface area contributed by atoms with Gasteiger partial charge in [0.2, 0.25) is 5.82 Å². The van der Waals surface area contributed by atoms with Crippen LogP contribution in [0.5, 0.6) is 5.75 Å². The average Bonchev–Trinajstić information content (AvgIpc) is 1.97. The number of rotatable bonds is 0. The minimum Gasteiger partial charge on any atom is -0.283 e. The van der Waals surface area contributed by atoms with E-state index in [0.717, 1.165) is 0 Å². The van der Waals surface area contributed by atoms with Gasteiger partial charge in [-0.1, -0.05) is 0 Å². The lowest BCUT2D eigenvalue weighted by Crippen LogP contribution is -1.92. The molecule has 11 heavy (non-hydrogen) atoms. The van der Waals surface area contributed by atoms with Crippen molar-refractivity contribution in [2.75, 3.05) is 0 Å². The van der Waals surface area contributed by atoms with Crippen molar-refractivity contribution in [3.8, 4) is 5.75 Å². The van der Waals surface area contributed by atoms with E-state index in [9.17, 15) is 22.7 Å². The normalized spacial score (nSPS) is 10.2. The molecule has 0 fully saturated rings. The van der Waals surface area contributed by atoms with Gasteiger partial charge in [-0.05, 0) is 0 Å². The Hall–Kier alpha value is -1.26. The third kappa shape index (κ3) is 1.13. The zero-order valence-electron chi connectivity index (χ0n) is 5.00. The van der Waals surface area contributed by atoms with Crippen molar-refractivity contribution in [1.29, 1.82) is 0 Å². The Morgan fingerprint density at radius 2 is 1.45 bits per heavy atom. The highest BCUT2D eigenvalue weighted by atomic mass is 19.2. The Balaban J connectivity index is 3.46. The largest absolute Gasteiger partial charge is 0.283 e. The van der Waals surface area contributed by atoms with E-state index in [1.54, 1.807) is 0 Å². The van der Waals surface area contributed by atoms with Crippen LogP contribution in [-0.2, 0) is 5.11 Å². The van der Waals surface area contributed by atoms with Crippen molar-refractivity contribution < 1.29 is 22.7 Å². The van der Waals surface area contributed by atoms with Crippen LogP contribution in [-0.4, -0.2) is 0 Å². The van der Waals surface area contributed by atoms with Crippen molar-refractivity contribution >= 4 is 0 Å². The van der Waals surface area contributed by atoms with Gasteiger partial charge >= 0.3 is 0 Å². The fraction of sp³-hybridized carbons (Fsp3) is 0. The molecule has 0 aliphatic carbocycles. The summed E-state index contributed by atoms with van der Waals surface area (Å²) in [6, 6.07) is 0.000741. The molecule has 0 saturated carbocycles. The molecule has 1 aromatic rings. The third-order valence-corrected chi connectivity index (χ3v) is 1.07. The van der Waals surface area contributed by atoms with Gasteiger partial charge in [0.1, 0.15) is 0 Å². The molecule has 1 nitrogen and oxygen atoms in total. The van der Waals surface area contributed by atoms with Crippen LogP contribution in [0.3, 0.4) is 0 Å². The molecular weight excluding hydrogens is 164 g/mol. The van der Waals surface area contributed by atoms with Crippen LogP contribution < -0.4 is 0 Å². The molecule has 0 N–H and O–H groups in total. The highest BCUT2D eigenvalue weighted by Gasteiger charge is 2.19. The third-order valence-electron chi connectivity index (χ3n) is 1.07. The molecule has 1 radical (unpaired) electrons. The lowest BCUT2D eigenvalue weighted by Gasteiger charge is -1.95. The van der Waals surface area contributed by atoms with Gasteiger partial charge in [0.25, 0.3) is 5.75 Å². The Morgan fingerprint density at radius 1 is 0.909 bits per heavy atom. The first-order valence-corrected chi connectivity index (χ1v) is 2.54. The van der Waals surface area contributed by atoms with Crippen LogP contribution in [0.4, 0.5) is 17.6 Å². The Kier molecular flexibility index (Phi) is 1.72. The topological polar surface area (TPSA) is 19.9 Å². The second-order valence-corrected chi connectivity index (χ2v) is 1.80. The summed E-state index contributed by atoms with van der Waals surface area (Å²) in [5.41, 5.74) is 0. The van der Waals surface area contributed by atoms with Gasteiger partial charge in [-0.3, -0.25) is 5.11 Å². The van der Waals surface area contributed by atoms with Crippen LogP contribution in [0, 0.1) is 23.3 Å². The number of hydrogen-bond acceptors (Lipinski definition) is 0. The summed E-state index contributed by atoms with van der Waals surface area (Å²) in [6.07, 6.45) is 0. The average molecular weight is 165 g/mol. The van der Waals surface area contributed by atoms with Crippen molar-refractivity contribution in [3.63, 3.8) is 0 Å². The van der Waals surface area contributed by atoms with Gasteiger partial charge in [0.05, 0.1) is 0 Å². The van der Waals surface area contributed by atoms with E-state index in [1.807, 2.05) is 0 Å². The van der Waals surface area contributed by atoms with Crippen molar-refractivity contribution in [3.05, 3.63) is 29.3 Å². The smallest absolute Gasteiger partial charge is 0.252 e. The minimum absolute atomic E-state index is 0.000741. The first kappa shape index (κ1) is 7.84. The minimum atomic E-state index is -2.03. The second kappa shape index (κ2) is 2.41. The molecule has 0 bridgehead atoms. The highest BCUT2D eigenvalue weighted by molar-refractivity contribution is 5.26. The van der Waals surface area contributed by atoms with Crippen molar-refractivity contribution in [2.45, 2.75) is 0 Å². The molecule has 0 aliphatic rings. The molecule has 0 heterocycles. The number of hydrogen-bond donors (Lipinski definition) is 0. The molecule has 5 heteroatoms. The van der Waals surface area contributed by atoms with Crippen LogP contribution >= 0.6 is 0 Å². The van der Waals surface area contributed by atoms with E-state index in [1.165, 1.54) is 0 Å². The van der Waals surface area contributed by atoms with Gasteiger partial charge in [-0.15, -0.1) is 0 Å². The lowest BCUT2D eigenvalue weighted by atomic mass is 10.3. The lowest BCUT2D eigenvalue weighted by molar-refractivity contribution is 0.290. The molecule has 0 unspecified atom stereocenters. The molecule has 0 aliphatic heterocycles. The molecule has 0 saturated heterocycles. The molecule has 1 rings (SSSR count). The van der Waals surface area contributed by atoms with E-state index in [-0.39, 0.29) is 6.07 Å². The Bertz CT molecular complexity index is 271. The molecule has 0 aromatic heterocycles. The number of halogens is 4. The molecular formula is C6HF4O. The zero-order chi connectivity index (χ0) is 8.59. The summed E-state index contributed by atoms with van der Waals surface area (Å²) in [5, 5.41) is 10.2. The van der Waals surface area contributed by atoms with Gasteiger partial charge in [0.15, 0.2) is 17.5 Å². The number of benzene rings is 1. The maximum absolute atomic E-state index is 12.1. The van der Waals surface area contributed by atoms with Crippen LogP contribution in [0.15, 0.2) is 6.07 Å². The summed E-state index contributed by atoms with van der Waals surface area (Å²) in [5.74, 6) is -9.08. The molecule has 0 spiro atoms. The molecule has 0 atom stereocenters. The molecule has 1 aromatic carbocycles. The predicted octanol–water partition coefficient (Wildman–Crippen LogP) is 2.39. The van der Waals surface area contributed by atoms with Gasteiger partial charge in [0, 0.05) is 6.07 Å². The zero-order valence-corrected chi connectivity index (χ0v) is 5.00. The van der Waals surface area contributed by atoms with Crippen molar-refractivity contribution in [2.24, 2.45) is 0 Å². The maximum Gasteiger partial charge on any atom is 0.252 e. The van der Waals surface area contributed by atoms with Gasteiger partial charge < -0.3 is 0 Å². The predicted molar refractivity (Wildman–Crippen MR) is 26.4 cm³/mol. The highest BCUT2D eigenvalue weighted by Crippen LogP contribution is 2.24. The van der Waals surface area contributed by atoms with Crippen LogP contribution in [0.25, 0.3) is 0 Å². The standard InChI is InChI=1S/C6HF4O/c7-2-1-3(8)6(11)5(10)4(2)9/h1H. The van der Waals surface area contributed by atoms with E-state index >= 15 is 0 Å². The van der Waals surface area contributed by atoms with Crippen LogP contribution in [0.1, 0.15) is 0 Å². The Morgan fingerprint density at radius 3 is 2.00 bits per heavy atom. The first-order chi connectivity index (χ1) is 5.04. The summed E-state index contributed by atoms with van der Waals surface area (Å²) in [6.45, 7) is 0. The van der Waals surface area contributed by atoms with E-state index < -0.39 is 29.0 Å².